The molecule has 1 unspecified atom stereocenters. The third-order valence-electron chi connectivity index (χ3n) is 6.00. The van der Waals surface area contributed by atoms with E-state index in [1.165, 1.54) is 44.6 Å². The molecule has 0 radical (unpaired) electrons. The molecule has 6 nitrogen and oxygen atoms in total. The lowest BCUT2D eigenvalue weighted by atomic mass is 9.94. The first-order valence-corrected chi connectivity index (χ1v) is 11.4. The van der Waals surface area contributed by atoms with E-state index in [0.717, 1.165) is 17.0 Å². The van der Waals surface area contributed by atoms with Crippen LogP contribution in [0.3, 0.4) is 0 Å². The number of alkyl halides is 3. The first kappa shape index (κ1) is 26.1. The number of carbonyl (C=O) groups is 2. The van der Waals surface area contributed by atoms with Gasteiger partial charge >= 0.3 is 6.18 Å². The van der Waals surface area contributed by atoms with E-state index in [0.29, 0.717) is 11.3 Å². The van der Waals surface area contributed by atoms with E-state index in [1.807, 2.05) is 0 Å². The molecule has 0 saturated carbocycles. The van der Waals surface area contributed by atoms with Crippen LogP contribution in [0.4, 0.5) is 13.2 Å². The van der Waals surface area contributed by atoms with Gasteiger partial charge in [0.25, 0.3) is 11.7 Å². The Balaban J connectivity index is 1.88. The Labute approximate surface area is 215 Å². The normalized spacial score (nSPS) is 17.2. The molecular formula is C27H21ClF3NO5. The maximum Gasteiger partial charge on any atom is 0.416 e. The van der Waals surface area contributed by atoms with E-state index in [4.69, 9.17) is 21.1 Å². The fourth-order valence-electron chi connectivity index (χ4n) is 4.23. The maximum absolute atomic E-state index is 13.3. The largest absolute Gasteiger partial charge is 0.507 e. The van der Waals surface area contributed by atoms with Crippen molar-refractivity contribution >= 4 is 29.1 Å². The van der Waals surface area contributed by atoms with Crippen LogP contribution in [0.2, 0.25) is 5.02 Å². The van der Waals surface area contributed by atoms with E-state index in [9.17, 15) is 27.9 Å². The van der Waals surface area contributed by atoms with Gasteiger partial charge < -0.3 is 19.5 Å². The lowest BCUT2D eigenvalue weighted by Gasteiger charge is -2.26. The number of ether oxygens (including phenoxy) is 2. The molecule has 0 aromatic heterocycles. The molecule has 3 aromatic rings. The van der Waals surface area contributed by atoms with Gasteiger partial charge in [-0.25, -0.2) is 0 Å². The molecule has 1 aliphatic heterocycles. The van der Waals surface area contributed by atoms with Gasteiger partial charge in [-0.15, -0.1) is 0 Å². The minimum absolute atomic E-state index is 0.0885. The third-order valence-corrected chi connectivity index (χ3v) is 6.23. The number of aliphatic hydroxyl groups excluding tert-OH is 1. The van der Waals surface area contributed by atoms with E-state index in [-0.39, 0.29) is 34.0 Å². The van der Waals surface area contributed by atoms with E-state index in [2.05, 4.69) is 0 Å². The number of aliphatic hydroxyl groups is 1. The standard InChI is InChI=1S/C27H21ClF3NO5/c1-36-19-9-6-16(7-10-19)23-22(24(33)20-13-18(28)8-11-21(20)37-2)25(34)26(35)32(23)14-15-4-3-5-17(12-15)27(29,30)31/h3-13,23,33H,14H2,1-2H3/b24-22+. The van der Waals surface area contributed by atoms with E-state index < -0.39 is 35.2 Å². The Bertz CT molecular complexity index is 1390. The SMILES string of the molecule is COc1ccc(C2/C(=C(\O)c3cc(Cl)ccc3OC)C(=O)C(=O)N2Cc2cccc(C(F)(F)F)c2)cc1. The fourth-order valence-corrected chi connectivity index (χ4v) is 4.40. The zero-order chi connectivity index (χ0) is 26.9. The van der Waals surface area contributed by atoms with Crippen LogP contribution in [0.1, 0.15) is 28.3 Å². The Morgan fingerprint density at radius 2 is 1.70 bits per heavy atom. The lowest BCUT2D eigenvalue weighted by Crippen LogP contribution is -2.29. The number of Topliss-reactive ketones (excluding diaryl/α,β-unsaturated/α-hetero) is 1. The molecule has 3 aromatic carbocycles. The van der Waals surface area contributed by atoms with Crippen molar-refractivity contribution < 1.29 is 37.3 Å². The number of ketones is 1. The van der Waals surface area contributed by atoms with Crippen molar-refractivity contribution in [1.29, 1.82) is 0 Å². The average Bonchev–Trinajstić information content (AvgIpc) is 3.13. The number of likely N-dealkylation sites (tertiary alicyclic amines) is 1. The molecule has 1 fully saturated rings. The molecule has 1 saturated heterocycles. The van der Waals surface area contributed by atoms with Crippen LogP contribution >= 0.6 is 11.6 Å². The number of hydrogen-bond donors (Lipinski definition) is 1. The van der Waals surface area contributed by atoms with E-state index in [1.54, 1.807) is 24.3 Å². The van der Waals surface area contributed by atoms with Crippen LogP contribution in [0.25, 0.3) is 5.76 Å². The molecule has 4 rings (SSSR count). The summed E-state index contributed by atoms with van der Waals surface area (Å²) in [5.74, 6) is -1.77. The number of benzene rings is 3. The Morgan fingerprint density at radius 3 is 2.32 bits per heavy atom. The van der Waals surface area contributed by atoms with Gasteiger partial charge in [0, 0.05) is 11.6 Å². The smallest absolute Gasteiger partial charge is 0.416 e. The number of methoxy groups -OCH3 is 2. The van der Waals surface area contributed by atoms with Gasteiger partial charge in [-0.1, -0.05) is 35.9 Å². The summed E-state index contributed by atoms with van der Waals surface area (Å²) in [6.45, 7) is -0.311. The van der Waals surface area contributed by atoms with Gasteiger partial charge in [0.2, 0.25) is 0 Å². The van der Waals surface area contributed by atoms with Gasteiger partial charge in [-0.2, -0.15) is 13.2 Å². The summed E-state index contributed by atoms with van der Waals surface area (Å²) >= 11 is 6.11. The molecule has 0 spiro atoms. The summed E-state index contributed by atoms with van der Waals surface area (Å²) in [5, 5.41) is 11.5. The van der Waals surface area contributed by atoms with Crippen LogP contribution in [-0.2, 0) is 22.3 Å². The molecule has 1 amide bonds. The molecule has 37 heavy (non-hydrogen) atoms. The highest BCUT2D eigenvalue weighted by molar-refractivity contribution is 6.46. The second-order valence-corrected chi connectivity index (χ2v) is 8.68. The average molecular weight is 532 g/mol. The molecule has 1 heterocycles. The maximum atomic E-state index is 13.3. The number of halogens is 4. The first-order chi connectivity index (χ1) is 17.5. The van der Waals surface area contributed by atoms with Gasteiger partial charge in [0.15, 0.2) is 0 Å². The minimum Gasteiger partial charge on any atom is -0.507 e. The molecular weight excluding hydrogens is 511 g/mol. The second kappa shape index (κ2) is 10.2. The Morgan fingerprint density at radius 1 is 1.00 bits per heavy atom. The highest BCUT2D eigenvalue weighted by Gasteiger charge is 2.46. The summed E-state index contributed by atoms with van der Waals surface area (Å²) in [4.78, 5) is 27.6. The number of amides is 1. The summed E-state index contributed by atoms with van der Waals surface area (Å²) in [5.41, 5.74) is -0.440. The first-order valence-electron chi connectivity index (χ1n) is 11.0. The summed E-state index contributed by atoms with van der Waals surface area (Å²) < 4.78 is 50.3. The van der Waals surface area contributed by atoms with Crippen molar-refractivity contribution in [2.75, 3.05) is 14.2 Å². The number of nitrogens with zero attached hydrogens (tertiary/aromatic N) is 1. The molecule has 192 valence electrons. The molecule has 1 N–H and O–H groups in total. The van der Waals surface area contributed by atoms with Crippen molar-refractivity contribution in [1.82, 2.24) is 4.90 Å². The van der Waals surface area contributed by atoms with Crippen molar-refractivity contribution in [3.63, 3.8) is 0 Å². The molecule has 1 aliphatic rings. The second-order valence-electron chi connectivity index (χ2n) is 8.24. The summed E-state index contributed by atoms with van der Waals surface area (Å²) in [6.07, 6.45) is -4.58. The van der Waals surface area contributed by atoms with Crippen LogP contribution in [0.15, 0.2) is 72.3 Å². The highest BCUT2D eigenvalue weighted by Crippen LogP contribution is 2.42. The van der Waals surface area contributed by atoms with Crippen LogP contribution in [0.5, 0.6) is 11.5 Å². The molecule has 10 heteroatoms. The topological polar surface area (TPSA) is 76.1 Å². The predicted octanol–water partition coefficient (Wildman–Crippen LogP) is 6.00. The predicted molar refractivity (Wildman–Crippen MR) is 130 cm³/mol. The Hall–Kier alpha value is -3.98. The van der Waals surface area contributed by atoms with Crippen LogP contribution in [0, 0.1) is 0 Å². The third kappa shape index (κ3) is 5.13. The summed E-state index contributed by atoms with van der Waals surface area (Å²) in [6, 6.07) is 14.3. The van der Waals surface area contributed by atoms with Crippen molar-refractivity contribution in [3.8, 4) is 11.5 Å². The van der Waals surface area contributed by atoms with Crippen LogP contribution < -0.4 is 9.47 Å². The van der Waals surface area contributed by atoms with Gasteiger partial charge in [-0.3, -0.25) is 9.59 Å². The fraction of sp³-hybridized carbons (Fsp3) is 0.185. The van der Waals surface area contributed by atoms with Crippen molar-refractivity contribution in [2.24, 2.45) is 0 Å². The molecule has 0 aliphatic carbocycles. The van der Waals surface area contributed by atoms with Crippen molar-refractivity contribution in [3.05, 3.63) is 99.6 Å². The zero-order valence-electron chi connectivity index (χ0n) is 19.7. The van der Waals surface area contributed by atoms with Gasteiger partial charge in [0.1, 0.15) is 17.3 Å². The molecule has 1 atom stereocenters. The van der Waals surface area contributed by atoms with Gasteiger partial charge in [0.05, 0.1) is 37.0 Å². The summed E-state index contributed by atoms with van der Waals surface area (Å²) in [7, 11) is 2.84. The van der Waals surface area contributed by atoms with Gasteiger partial charge in [-0.05, 0) is 53.6 Å². The highest BCUT2D eigenvalue weighted by atomic mass is 35.5. The zero-order valence-corrected chi connectivity index (χ0v) is 20.4. The number of hydrogen-bond acceptors (Lipinski definition) is 5. The van der Waals surface area contributed by atoms with Crippen molar-refractivity contribution in [2.45, 2.75) is 18.8 Å². The van der Waals surface area contributed by atoms with Crippen LogP contribution in [-0.4, -0.2) is 35.9 Å². The van der Waals surface area contributed by atoms with E-state index >= 15 is 0 Å². The quantitative estimate of drug-likeness (QED) is 0.240. The number of carbonyl (C=O) groups excluding carboxylic acids is 2. The molecule has 0 bridgehead atoms. The number of rotatable bonds is 6. The Kier molecular flexibility index (Phi) is 7.18. The lowest BCUT2D eigenvalue weighted by molar-refractivity contribution is -0.140. The minimum atomic E-state index is -4.58. The monoisotopic (exact) mass is 531 g/mol.